The molecule has 0 fully saturated rings. The first-order valence-corrected chi connectivity index (χ1v) is 8.68. The Hall–Kier alpha value is -3.55. The van der Waals surface area contributed by atoms with Gasteiger partial charge in [-0.25, -0.2) is 14.8 Å². The molecule has 0 spiro atoms. The molecular formula is C20H19N3O5. The fourth-order valence-corrected chi connectivity index (χ4v) is 3.54. The van der Waals surface area contributed by atoms with Crippen molar-refractivity contribution >= 4 is 5.97 Å². The van der Waals surface area contributed by atoms with Gasteiger partial charge in [-0.05, 0) is 30.2 Å². The molecule has 0 saturated heterocycles. The minimum Gasteiger partial charge on any atom is -0.496 e. The number of benzene rings is 1. The third kappa shape index (κ3) is 2.65. The van der Waals surface area contributed by atoms with Gasteiger partial charge in [-0.15, -0.1) is 0 Å². The lowest BCUT2D eigenvalue weighted by Gasteiger charge is -2.21. The maximum Gasteiger partial charge on any atom is 0.356 e. The summed E-state index contributed by atoms with van der Waals surface area (Å²) in [5.74, 6) is 0.821. The molecule has 1 N–H and O–H groups in total. The Morgan fingerprint density at radius 2 is 1.82 bits per heavy atom. The number of carbonyl (C=O) groups is 1. The van der Waals surface area contributed by atoms with Crippen LogP contribution in [0.5, 0.6) is 17.4 Å². The largest absolute Gasteiger partial charge is 0.496 e. The lowest BCUT2D eigenvalue weighted by molar-refractivity contribution is 0.0692. The zero-order valence-electron chi connectivity index (χ0n) is 15.7. The molecule has 0 saturated carbocycles. The molecule has 8 nitrogen and oxygen atoms in total. The second-order valence-electron chi connectivity index (χ2n) is 6.25. The van der Waals surface area contributed by atoms with Gasteiger partial charge in [0.2, 0.25) is 0 Å². The molecule has 0 unspecified atom stereocenters. The molecular weight excluding hydrogens is 362 g/mol. The molecule has 1 aliphatic rings. The van der Waals surface area contributed by atoms with E-state index in [-0.39, 0.29) is 5.69 Å². The van der Waals surface area contributed by atoms with E-state index in [1.807, 2.05) is 28.8 Å². The molecule has 28 heavy (non-hydrogen) atoms. The third-order valence-electron chi connectivity index (χ3n) is 4.80. The Balaban J connectivity index is 1.99. The summed E-state index contributed by atoms with van der Waals surface area (Å²) in [4.78, 5) is 20.9. The number of carboxylic acids is 1. The number of ether oxygens (including phenoxy) is 3. The summed E-state index contributed by atoms with van der Waals surface area (Å²) in [6, 6.07) is 9.16. The van der Waals surface area contributed by atoms with Gasteiger partial charge in [0.25, 0.3) is 5.88 Å². The smallest absolute Gasteiger partial charge is 0.356 e. The summed E-state index contributed by atoms with van der Waals surface area (Å²) < 4.78 is 18.0. The van der Waals surface area contributed by atoms with E-state index in [0.717, 1.165) is 5.56 Å². The average molecular weight is 381 g/mol. The predicted octanol–water partition coefficient (Wildman–Crippen LogP) is 2.89. The average Bonchev–Trinajstić information content (AvgIpc) is 3.12. The lowest BCUT2D eigenvalue weighted by atomic mass is 10.0. The number of methoxy groups -OCH3 is 3. The number of rotatable bonds is 5. The zero-order chi connectivity index (χ0) is 19.8. The Kier molecular flexibility index (Phi) is 4.38. The molecule has 0 radical (unpaired) electrons. The molecule has 8 heteroatoms. The summed E-state index contributed by atoms with van der Waals surface area (Å²) >= 11 is 0. The van der Waals surface area contributed by atoms with Crippen molar-refractivity contribution in [3.8, 4) is 40.2 Å². The van der Waals surface area contributed by atoms with Crippen LogP contribution in [0.3, 0.4) is 0 Å². The SMILES string of the molecule is COc1ccccc1-c1c(C(=O)O)nc2n1CCc1cc(OC)c(OC)nc1-2. The summed E-state index contributed by atoms with van der Waals surface area (Å²) in [5.41, 5.74) is 2.66. The van der Waals surface area contributed by atoms with Crippen LogP contribution in [-0.4, -0.2) is 46.9 Å². The number of carboxylic acid groups (broad SMARTS) is 1. The van der Waals surface area contributed by atoms with Crippen LogP contribution in [0.4, 0.5) is 0 Å². The number of fused-ring (bicyclic) bond motifs is 3. The van der Waals surface area contributed by atoms with Gasteiger partial charge in [0, 0.05) is 12.1 Å². The summed E-state index contributed by atoms with van der Waals surface area (Å²) in [7, 11) is 4.62. The summed E-state index contributed by atoms with van der Waals surface area (Å²) in [6.07, 6.45) is 0.660. The molecule has 0 bridgehead atoms. The Morgan fingerprint density at radius 1 is 1.07 bits per heavy atom. The first-order chi connectivity index (χ1) is 13.6. The number of aromatic carboxylic acids is 1. The number of para-hydroxylation sites is 1. The minimum atomic E-state index is -1.11. The van der Waals surface area contributed by atoms with Crippen molar-refractivity contribution in [2.45, 2.75) is 13.0 Å². The first kappa shape index (κ1) is 17.8. The maximum atomic E-state index is 12.0. The number of pyridine rings is 1. The van der Waals surface area contributed by atoms with Gasteiger partial charge in [0.15, 0.2) is 17.3 Å². The van der Waals surface area contributed by atoms with Crippen LogP contribution in [0.2, 0.25) is 0 Å². The van der Waals surface area contributed by atoms with E-state index >= 15 is 0 Å². The zero-order valence-corrected chi connectivity index (χ0v) is 15.7. The van der Waals surface area contributed by atoms with Crippen LogP contribution in [0.1, 0.15) is 16.1 Å². The number of hydrogen-bond acceptors (Lipinski definition) is 6. The Labute approximate surface area is 161 Å². The highest BCUT2D eigenvalue weighted by Crippen LogP contribution is 2.40. The Bertz CT molecular complexity index is 1070. The molecule has 0 aliphatic carbocycles. The minimum absolute atomic E-state index is 0.0380. The lowest BCUT2D eigenvalue weighted by Crippen LogP contribution is -2.14. The molecule has 144 valence electrons. The normalized spacial score (nSPS) is 12.1. The van der Waals surface area contributed by atoms with Gasteiger partial charge in [-0.2, -0.15) is 0 Å². The van der Waals surface area contributed by atoms with Crippen molar-refractivity contribution in [2.75, 3.05) is 21.3 Å². The van der Waals surface area contributed by atoms with Gasteiger partial charge in [0.1, 0.15) is 11.4 Å². The molecule has 1 aromatic carbocycles. The molecule has 0 atom stereocenters. The highest BCUT2D eigenvalue weighted by Gasteiger charge is 2.31. The number of imidazole rings is 1. The van der Waals surface area contributed by atoms with E-state index in [0.29, 0.717) is 53.1 Å². The third-order valence-corrected chi connectivity index (χ3v) is 4.80. The van der Waals surface area contributed by atoms with Crippen molar-refractivity contribution in [2.24, 2.45) is 0 Å². The van der Waals surface area contributed by atoms with Crippen molar-refractivity contribution in [1.82, 2.24) is 14.5 Å². The predicted molar refractivity (Wildman–Crippen MR) is 101 cm³/mol. The van der Waals surface area contributed by atoms with Crippen LogP contribution in [0.25, 0.3) is 22.8 Å². The number of nitrogens with zero attached hydrogens (tertiary/aromatic N) is 3. The van der Waals surface area contributed by atoms with E-state index in [1.54, 1.807) is 20.3 Å². The fraction of sp³-hybridized carbons (Fsp3) is 0.250. The van der Waals surface area contributed by atoms with E-state index in [1.165, 1.54) is 7.11 Å². The van der Waals surface area contributed by atoms with E-state index in [4.69, 9.17) is 14.2 Å². The number of aryl methyl sites for hydroxylation is 1. The second kappa shape index (κ2) is 6.88. The van der Waals surface area contributed by atoms with Gasteiger partial charge in [-0.1, -0.05) is 12.1 Å². The van der Waals surface area contributed by atoms with E-state index in [9.17, 15) is 9.90 Å². The van der Waals surface area contributed by atoms with E-state index in [2.05, 4.69) is 9.97 Å². The fourth-order valence-electron chi connectivity index (χ4n) is 3.54. The van der Waals surface area contributed by atoms with Crippen molar-refractivity contribution < 1.29 is 24.1 Å². The summed E-state index contributed by atoms with van der Waals surface area (Å²) in [5, 5.41) is 9.79. The second-order valence-corrected chi connectivity index (χ2v) is 6.25. The molecule has 0 amide bonds. The van der Waals surface area contributed by atoms with Gasteiger partial charge in [0.05, 0.1) is 27.0 Å². The molecule has 3 aromatic rings. The van der Waals surface area contributed by atoms with Crippen molar-refractivity contribution in [1.29, 1.82) is 0 Å². The molecule has 4 rings (SSSR count). The number of hydrogen-bond donors (Lipinski definition) is 1. The first-order valence-electron chi connectivity index (χ1n) is 8.68. The van der Waals surface area contributed by atoms with Crippen LogP contribution in [0, 0.1) is 0 Å². The van der Waals surface area contributed by atoms with Gasteiger partial charge in [-0.3, -0.25) is 0 Å². The van der Waals surface area contributed by atoms with Crippen LogP contribution >= 0.6 is 0 Å². The van der Waals surface area contributed by atoms with Crippen molar-refractivity contribution in [3.05, 3.63) is 41.6 Å². The van der Waals surface area contributed by atoms with Crippen molar-refractivity contribution in [3.63, 3.8) is 0 Å². The van der Waals surface area contributed by atoms with Gasteiger partial charge >= 0.3 is 5.97 Å². The molecule has 2 aromatic heterocycles. The maximum absolute atomic E-state index is 12.0. The van der Waals surface area contributed by atoms with Crippen LogP contribution in [0.15, 0.2) is 30.3 Å². The standard InChI is InChI=1S/C20H19N3O5/c1-26-13-7-5-4-6-12(13)17-16(20(24)25)21-18-15-11(8-9-23(17)18)10-14(27-2)19(22-15)28-3/h4-7,10H,8-9H2,1-3H3,(H,24,25). The topological polar surface area (TPSA) is 95.7 Å². The molecule has 1 aliphatic heterocycles. The number of aromatic nitrogens is 3. The van der Waals surface area contributed by atoms with Crippen LogP contribution in [-0.2, 0) is 13.0 Å². The quantitative estimate of drug-likeness (QED) is 0.726. The highest BCUT2D eigenvalue weighted by molar-refractivity contribution is 5.95. The highest BCUT2D eigenvalue weighted by atomic mass is 16.5. The summed E-state index contributed by atoms with van der Waals surface area (Å²) in [6.45, 7) is 0.563. The Morgan fingerprint density at radius 3 is 2.50 bits per heavy atom. The van der Waals surface area contributed by atoms with Gasteiger partial charge < -0.3 is 23.9 Å². The monoisotopic (exact) mass is 381 g/mol. The van der Waals surface area contributed by atoms with E-state index < -0.39 is 5.97 Å². The van der Waals surface area contributed by atoms with Crippen LogP contribution < -0.4 is 14.2 Å². The molecule has 3 heterocycles.